The lowest BCUT2D eigenvalue weighted by Gasteiger charge is -2.16. The highest BCUT2D eigenvalue weighted by Crippen LogP contribution is 2.17. The smallest absolute Gasteiger partial charge is 0.189 e. The minimum atomic E-state index is 0. The molecule has 0 aliphatic heterocycles. The van der Waals surface area contributed by atoms with E-state index in [1.807, 2.05) is 24.9 Å². The Labute approximate surface area is 138 Å². The van der Waals surface area contributed by atoms with Crippen LogP contribution in [0.3, 0.4) is 0 Å². The number of aryl methyl sites for hydroxylation is 1. The van der Waals surface area contributed by atoms with Crippen LogP contribution in [0.5, 0.6) is 0 Å². The quantitative estimate of drug-likeness (QED) is 0.360. The van der Waals surface area contributed by atoms with E-state index in [2.05, 4.69) is 15.4 Å². The fraction of sp³-hybridized carbons (Fsp3) is 0.714. The zero-order chi connectivity index (χ0) is 13.7. The SMILES string of the molecule is Cc1c(CN=C(N)NC2CCCCCC2)cnn1C.I. The van der Waals surface area contributed by atoms with Crippen LogP contribution in [0, 0.1) is 6.92 Å². The Morgan fingerprint density at radius 2 is 2.05 bits per heavy atom. The first kappa shape index (κ1) is 17.3. The summed E-state index contributed by atoms with van der Waals surface area (Å²) in [5, 5.41) is 7.56. The first-order chi connectivity index (χ1) is 9.16. The highest BCUT2D eigenvalue weighted by atomic mass is 127. The number of nitrogens with one attached hydrogen (secondary N) is 1. The van der Waals surface area contributed by atoms with Gasteiger partial charge in [-0.25, -0.2) is 4.99 Å². The predicted octanol–water partition coefficient (Wildman–Crippen LogP) is 2.47. The number of aliphatic imine (C=N–C) groups is 1. The van der Waals surface area contributed by atoms with Crippen molar-refractivity contribution in [3.8, 4) is 0 Å². The number of hydrogen-bond donors (Lipinski definition) is 2. The van der Waals surface area contributed by atoms with E-state index in [0.717, 1.165) is 11.3 Å². The van der Waals surface area contributed by atoms with Gasteiger partial charge in [-0.3, -0.25) is 4.68 Å². The first-order valence-electron chi connectivity index (χ1n) is 7.20. The maximum absolute atomic E-state index is 5.97. The van der Waals surface area contributed by atoms with Gasteiger partial charge in [0, 0.05) is 24.3 Å². The van der Waals surface area contributed by atoms with Crippen molar-refractivity contribution in [1.29, 1.82) is 0 Å². The molecule has 0 atom stereocenters. The van der Waals surface area contributed by atoms with Crippen LogP contribution >= 0.6 is 24.0 Å². The van der Waals surface area contributed by atoms with E-state index in [1.165, 1.54) is 38.5 Å². The van der Waals surface area contributed by atoms with Gasteiger partial charge in [-0.2, -0.15) is 5.10 Å². The lowest BCUT2D eigenvalue weighted by Crippen LogP contribution is -2.39. The summed E-state index contributed by atoms with van der Waals surface area (Å²) in [5.41, 5.74) is 8.25. The molecule has 1 aliphatic rings. The van der Waals surface area contributed by atoms with Crippen LogP contribution < -0.4 is 11.1 Å². The molecule has 2 rings (SSSR count). The minimum absolute atomic E-state index is 0. The summed E-state index contributed by atoms with van der Waals surface area (Å²) in [6.45, 7) is 2.65. The normalized spacial score (nSPS) is 17.4. The molecule has 6 heteroatoms. The van der Waals surface area contributed by atoms with Crippen molar-refractivity contribution in [3.05, 3.63) is 17.5 Å². The molecule has 0 amide bonds. The number of guanidine groups is 1. The molecule has 0 spiro atoms. The molecule has 0 radical (unpaired) electrons. The van der Waals surface area contributed by atoms with Crippen LogP contribution in [-0.2, 0) is 13.6 Å². The molecular formula is C14H26IN5. The average Bonchev–Trinajstić information content (AvgIpc) is 2.60. The molecule has 1 aromatic rings. The Balaban J connectivity index is 0.00000200. The van der Waals surface area contributed by atoms with Gasteiger partial charge in [-0.05, 0) is 19.8 Å². The third kappa shape index (κ3) is 4.96. The molecule has 0 unspecified atom stereocenters. The Morgan fingerprint density at radius 1 is 1.40 bits per heavy atom. The molecule has 1 saturated carbocycles. The number of nitrogens with zero attached hydrogens (tertiary/aromatic N) is 3. The van der Waals surface area contributed by atoms with Gasteiger partial charge >= 0.3 is 0 Å². The van der Waals surface area contributed by atoms with Gasteiger partial charge in [0.2, 0.25) is 0 Å². The van der Waals surface area contributed by atoms with Gasteiger partial charge in [-0.1, -0.05) is 25.7 Å². The van der Waals surface area contributed by atoms with Gasteiger partial charge < -0.3 is 11.1 Å². The summed E-state index contributed by atoms with van der Waals surface area (Å²) in [7, 11) is 1.94. The fourth-order valence-electron chi connectivity index (χ4n) is 2.55. The van der Waals surface area contributed by atoms with Gasteiger partial charge in [0.1, 0.15) is 0 Å². The first-order valence-corrected chi connectivity index (χ1v) is 7.20. The maximum atomic E-state index is 5.97. The lowest BCUT2D eigenvalue weighted by molar-refractivity contribution is 0.530. The Hall–Kier alpha value is -0.790. The Bertz CT molecular complexity index is 433. The number of nitrogens with two attached hydrogens (primary N) is 1. The molecule has 114 valence electrons. The molecule has 0 bridgehead atoms. The van der Waals surface area contributed by atoms with Gasteiger partial charge in [0.15, 0.2) is 5.96 Å². The molecule has 0 saturated heterocycles. The Kier molecular flexibility index (Phi) is 7.32. The highest BCUT2D eigenvalue weighted by molar-refractivity contribution is 14.0. The molecule has 5 nitrogen and oxygen atoms in total. The molecule has 20 heavy (non-hydrogen) atoms. The number of hydrogen-bond acceptors (Lipinski definition) is 2. The van der Waals surface area contributed by atoms with Crippen molar-refractivity contribution in [2.45, 2.75) is 58.0 Å². The van der Waals surface area contributed by atoms with Crippen LogP contribution in [0.15, 0.2) is 11.2 Å². The third-order valence-electron chi connectivity index (χ3n) is 3.96. The van der Waals surface area contributed by atoms with E-state index in [1.54, 1.807) is 0 Å². The van der Waals surface area contributed by atoms with Crippen LogP contribution in [0.1, 0.15) is 49.8 Å². The second kappa shape index (κ2) is 8.49. The van der Waals surface area contributed by atoms with E-state index >= 15 is 0 Å². The molecule has 0 aromatic carbocycles. The summed E-state index contributed by atoms with van der Waals surface area (Å²) in [6, 6.07) is 0.501. The largest absolute Gasteiger partial charge is 0.370 e. The van der Waals surface area contributed by atoms with Crippen molar-refractivity contribution in [3.63, 3.8) is 0 Å². The molecule has 1 aromatic heterocycles. The van der Waals surface area contributed by atoms with Crippen LogP contribution in [0.4, 0.5) is 0 Å². The topological polar surface area (TPSA) is 68.2 Å². The van der Waals surface area contributed by atoms with E-state index < -0.39 is 0 Å². The van der Waals surface area contributed by atoms with Crippen molar-refractivity contribution in [1.82, 2.24) is 15.1 Å². The van der Waals surface area contributed by atoms with Crippen LogP contribution in [0.2, 0.25) is 0 Å². The van der Waals surface area contributed by atoms with E-state index in [-0.39, 0.29) is 24.0 Å². The zero-order valence-corrected chi connectivity index (χ0v) is 14.8. The number of halogens is 1. The molecule has 1 aliphatic carbocycles. The van der Waals surface area contributed by atoms with Crippen LogP contribution in [0.25, 0.3) is 0 Å². The Morgan fingerprint density at radius 3 is 2.60 bits per heavy atom. The van der Waals surface area contributed by atoms with Gasteiger partial charge in [-0.15, -0.1) is 24.0 Å². The predicted molar refractivity (Wildman–Crippen MR) is 93.3 cm³/mol. The summed E-state index contributed by atoms with van der Waals surface area (Å²) in [4.78, 5) is 4.42. The van der Waals surface area contributed by atoms with Crippen LogP contribution in [-0.4, -0.2) is 21.8 Å². The number of rotatable bonds is 3. The summed E-state index contributed by atoms with van der Waals surface area (Å²) >= 11 is 0. The second-order valence-electron chi connectivity index (χ2n) is 5.41. The molecular weight excluding hydrogens is 365 g/mol. The zero-order valence-electron chi connectivity index (χ0n) is 12.4. The number of aromatic nitrogens is 2. The van der Waals surface area contributed by atoms with Crippen molar-refractivity contribution in [2.24, 2.45) is 17.8 Å². The second-order valence-corrected chi connectivity index (χ2v) is 5.41. The van der Waals surface area contributed by atoms with E-state index in [0.29, 0.717) is 18.5 Å². The minimum Gasteiger partial charge on any atom is -0.370 e. The van der Waals surface area contributed by atoms with Crippen molar-refractivity contribution < 1.29 is 0 Å². The maximum Gasteiger partial charge on any atom is 0.189 e. The summed E-state index contributed by atoms with van der Waals surface area (Å²) < 4.78 is 1.86. The standard InChI is InChI=1S/C14H25N5.HI/c1-11-12(10-17-19(11)2)9-16-14(15)18-13-7-5-3-4-6-8-13;/h10,13H,3-9H2,1-2H3,(H3,15,16,18);1H. The summed E-state index contributed by atoms with van der Waals surface area (Å²) in [6.07, 6.45) is 9.58. The monoisotopic (exact) mass is 391 g/mol. The highest BCUT2D eigenvalue weighted by Gasteiger charge is 2.12. The lowest BCUT2D eigenvalue weighted by atomic mass is 10.1. The van der Waals surface area contributed by atoms with Gasteiger partial charge in [0.05, 0.1) is 12.7 Å². The molecule has 1 heterocycles. The van der Waals surface area contributed by atoms with E-state index in [4.69, 9.17) is 5.73 Å². The molecule has 3 N–H and O–H groups in total. The van der Waals surface area contributed by atoms with Crippen molar-refractivity contribution in [2.75, 3.05) is 0 Å². The average molecular weight is 391 g/mol. The van der Waals surface area contributed by atoms with Gasteiger partial charge in [0.25, 0.3) is 0 Å². The summed E-state index contributed by atoms with van der Waals surface area (Å²) in [5.74, 6) is 0.565. The van der Waals surface area contributed by atoms with E-state index in [9.17, 15) is 0 Å². The third-order valence-corrected chi connectivity index (χ3v) is 3.96. The molecule has 1 fully saturated rings. The van der Waals surface area contributed by atoms with Crippen molar-refractivity contribution >= 4 is 29.9 Å². The fourth-order valence-corrected chi connectivity index (χ4v) is 2.55.